The third-order valence-electron chi connectivity index (χ3n) is 3.63. The monoisotopic (exact) mass is 265 g/mol. The van der Waals surface area contributed by atoms with Gasteiger partial charge >= 0.3 is 0 Å². The molecule has 0 amide bonds. The Balaban J connectivity index is 1.88. The fraction of sp³-hybridized carbons (Fsp3) is 0.643. The highest BCUT2D eigenvalue weighted by atomic mass is 32.2. The molecule has 0 bridgehead atoms. The zero-order valence-corrected chi connectivity index (χ0v) is 12.1. The summed E-state index contributed by atoms with van der Waals surface area (Å²) in [5.74, 6) is 0.966. The molecule has 1 saturated carbocycles. The van der Waals surface area contributed by atoms with Crippen LogP contribution in [0.15, 0.2) is 18.3 Å². The maximum atomic E-state index is 4.32. The number of aromatic nitrogens is 1. The van der Waals surface area contributed by atoms with Crippen molar-refractivity contribution in [3.8, 4) is 0 Å². The fourth-order valence-electron chi connectivity index (χ4n) is 2.18. The van der Waals surface area contributed by atoms with Gasteiger partial charge in [0.25, 0.3) is 0 Å². The Hall–Kier alpha value is -0.900. The van der Waals surface area contributed by atoms with Gasteiger partial charge in [0, 0.05) is 35.8 Å². The molecule has 1 heterocycles. The fourth-order valence-corrected chi connectivity index (χ4v) is 3.09. The van der Waals surface area contributed by atoms with E-state index in [-0.39, 0.29) is 0 Å². The van der Waals surface area contributed by atoms with Crippen molar-refractivity contribution in [3.63, 3.8) is 0 Å². The Morgan fingerprint density at radius 3 is 2.83 bits per heavy atom. The first-order chi connectivity index (χ1) is 8.78. The number of pyridine rings is 1. The van der Waals surface area contributed by atoms with Gasteiger partial charge < -0.3 is 10.6 Å². The van der Waals surface area contributed by atoms with E-state index < -0.39 is 0 Å². The molecule has 0 aromatic carbocycles. The van der Waals surface area contributed by atoms with E-state index in [1.54, 1.807) is 0 Å². The Labute approximate surface area is 114 Å². The summed E-state index contributed by atoms with van der Waals surface area (Å²) in [6.45, 7) is 4.20. The van der Waals surface area contributed by atoms with E-state index in [2.05, 4.69) is 34.9 Å². The average molecular weight is 265 g/mol. The number of thioether (sulfide) groups is 1. The molecule has 0 atom stereocenters. The van der Waals surface area contributed by atoms with Crippen molar-refractivity contribution in [2.75, 3.05) is 30.0 Å². The largest absolute Gasteiger partial charge is 0.383 e. The topological polar surface area (TPSA) is 37.0 Å². The van der Waals surface area contributed by atoms with E-state index in [9.17, 15) is 0 Å². The highest BCUT2D eigenvalue weighted by molar-refractivity contribution is 8.00. The molecular formula is C14H23N3S. The van der Waals surface area contributed by atoms with Gasteiger partial charge in [-0.25, -0.2) is 4.98 Å². The van der Waals surface area contributed by atoms with Crippen LogP contribution in [0.25, 0.3) is 0 Å². The number of hydrogen-bond donors (Lipinski definition) is 2. The Bertz CT molecular complexity index is 372. The molecule has 1 aliphatic carbocycles. The number of nitrogens with zero attached hydrogens (tertiary/aromatic N) is 1. The molecular weight excluding hydrogens is 242 g/mol. The zero-order valence-electron chi connectivity index (χ0n) is 11.3. The summed E-state index contributed by atoms with van der Waals surface area (Å²) in [6.07, 6.45) is 9.27. The third kappa shape index (κ3) is 3.31. The lowest BCUT2D eigenvalue weighted by Gasteiger charge is -2.40. The van der Waals surface area contributed by atoms with E-state index in [0.29, 0.717) is 4.75 Å². The first-order valence-electron chi connectivity index (χ1n) is 6.77. The quantitative estimate of drug-likeness (QED) is 0.790. The van der Waals surface area contributed by atoms with E-state index in [1.165, 1.54) is 24.9 Å². The maximum Gasteiger partial charge on any atom is 0.127 e. The summed E-state index contributed by atoms with van der Waals surface area (Å²) in [5.41, 5.74) is 1.17. The van der Waals surface area contributed by atoms with Crippen molar-refractivity contribution >= 4 is 23.3 Å². The summed E-state index contributed by atoms with van der Waals surface area (Å²) in [5, 5.41) is 6.87. The van der Waals surface area contributed by atoms with Gasteiger partial charge in [0.1, 0.15) is 5.82 Å². The van der Waals surface area contributed by atoms with Gasteiger partial charge in [-0.05, 0) is 31.6 Å². The van der Waals surface area contributed by atoms with Gasteiger partial charge in [0.15, 0.2) is 0 Å². The number of hydrogen-bond acceptors (Lipinski definition) is 4. The summed E-state index contributed by atoms with van der Waals surface area (Å²) in [4.78, 5) is 4.32. The molecule has 1 fully saturated rings. The molecule has 4 heteroatoms. The first kappa shape index (κ1) is 13.5. The van der Waals surface area contributed by atoms with Crippen LogP contribution >= 0.6 is 11.8 Å². The number of nitrogens with one attached hydrogen (secondary N) is 2. The van der Waals surface area contributed by atoms with Gasteiger partial charge in [-0.1, -0.05) is 13.3 Å². The van der Waals surface area contributed by atoms with Gasteiger partial charge in [0.2, 0.25) is 0 Å². The standard InChI is InChI=1S/C14H23N3S/c1-3-8-15-13-10-12(5-9-16-13)17-11-14(18-2)6-4-7-14/h5,9-10H,3-4,6-8,11H2,1-2H3,(H2,15,16,17). The second kappa shape index (κ2) is 6.32. The molecule has 0 radical (unpaired) electrons. The Kier molecular flexibility index (Phi) is 4.75. The van der Waals surface area contributed by atoms with Crippen LogP contribution in [-0.2, 0) is 0 Å². The van der Waals surface area contributed by atoms with Crippen LogP contribution in [0.2, 0.25) is 0 Å². The number of anilines is 2. The normalized spacial score (nSPS) is 17.0. The Morgan fingerprint density at radius 1 is 1.39 bits per heavy atom. The van der Waals surface area contributed by atoms with Crippen LogP contribution in [0, 0.1) is 0 Å². The van der Waals surface area contributed by atoms with Gasteiger partial charge in [0.05, 0.1) is 0 Å². The first-order valence-corrected chi connectivity index (χ1v) is 7.99. The summed E-state index contributed by atoms with van der Waals surface area (Å²) < 4.78 is 0.473. The molecule has 0 aliphatic heterocycles. The maximum absolute atomic E-state index is 4.32. The van der Waals surface area contributed by atoms with Crippen LogP contribution in [0.1, 0.15) is 32.6 Å². The minimum atomic E-state index is 0.473. The molecule has 2 N–H and O–H groups in total. The van der Waals surface area contributed by atoms with Crippen LogP contribution in [0.4, 0.5) is 11.5 Å². The van der Waals surface area contributed by atoms with Crippen molar-refractivity contribution in [3.05, 3.63) is 18.3 Å². The van der Waals surface area contributed by atoms with Crippen molar-refractivity contribution in [2.24, 2.45) is 0 Å². The highest BCUT2D eigenvalue weighted by Gasteiger charge is 2.35. The van der Waals surface area contributed by atoms with E-state index in [4.69, 9.17) is 0 Å². The van der Waals surface area contributed by atoms with Crippen LogP contribution in [-0.4, -0.2) is 29.1 Å². The lowest BCUT2D eigenvalue weighted by molar-refractivity contribution is 0.380. The molecule has 0 saturated heterocycles. The van der Waals surface area contributed by atoms with Crippen LogP contribution in [0.5, 0.6) is 0 Å². The molecule has 100 valence electrons. The van der Waals surface area contributed by atoms with Gasteiger partial charge in [-0.2, -0.15) is 11.8 Å². The van der Waals surface area contributed by atoms with Crippen LogP contribution < -0.4 is 10.6 Å². The Morgan fingerprint density at radius 2 is 2.22 bits per heavy atom. The molecule has 3 nitrogen and oxygen atoms in total. The van der Waals surface area contributed by atoms with E-state index >= 15 is 0 Å². The smallest absolute Gasteiger partial charge is 0.127 e. The molecule has 1 aromatic heterocycles. The second-order valence-electron chi connectivity index (χ2n) is 4.95. The second-order valence-corrected chi connectivity index (χ2v) is 6.23. The number of rotatable bonds is 7. The minimum absolute atomic E-state index is 0.473. The van der Waals surface area contributed by atoms with E-state index in [1.807, 2.05) is 24.0 Å². The zero-order chi connectivity index (χ0) is 12.8. The van der Waals surface area contributed by atoms with Gasteiger partial charge in [-0.3, -0.25) is 0 Å². The van der Waals surface area contributed by atoms with Gasteiger partial charge in [-0.15, -0.1) is 0 Å². The molecule has 1 aromatic rings. The average Bonchev–Trinajstić information content (AvgIpc) is 2.36. The predicted molar refractivity (Wildman–Crippen MR) is 81.6 cm³/mol. The molecule has 0 spiro atoms. The third-order valence-corrected chi connectivity index (χ3v) is 5.05. The van der Waals surface area contributed by atoms with Crippen molar-refractivity contribution in [1.29, 1.82) is 0 Å². The predicted octanol–water partition coefficient (Wildman–Crippen LogP) is 3.60. The molecule has 18 heavy (non-hydrogen) atoms. The molecule has 1 aliphatic rings. The lowest BCUT2D eigenvalue weighted by atomic mass is 9.84. The molecule has 2 rings (SSSR count). The SMILES string of the molecule is CCCNc1cc(NCC2(SC)CCC2)ccn1. The minimum Gasteiger partial charge on any atom is -0.383 e. The lowest BCUT2D eigenvalue weighted by Crippen LogP contribution is -2.40. The summed E-state index contributed by atoms with van der Waals surface area (Å²) >= 11 is 2.00. The van der Waals surface area contributed by atoms with Crippen molar-refractivity contribution < 1.29 is 0 Å². The summed E-state index contributed by atoms with van der Waals surface area (Å²) in [6, 6.07) is 4.15. The summed E-state index contributed by atoms with van der Waals surface area (Å²) in [7, 11) is 0. The van der Waals surface area contributed by atoms with Crippen molar-refractivity contribution in [1.82, 2.24) is 4.98 Å². The van der Waals surface area contributed by atoms with Crippen molar-refractivity contribution in [2.45, 2.75) is 37.4 Å². The molecule has 0 unspecified atom stereocenters. The highest BCUT2D eigenvalue weighted by Crippen LogP contribution is 2.42. The van der Waals surface area contributed by atoms with Crippen LogP contribution in [0.3, 0.4) is 0 Å². The van der Waals surface area contributed by atoms with E-state index in [0.717, 1.165) is 25.3 Å².